The molecule has 0 radical (unpaired) electrons. The molecule has 1 fully saturated rings. The SMILES string of the molecule is CCC(NC(=O)CNCC1CC1)c1nc(C)cs1. The first kappa shape index (κ1) is 13.5. The van der Waals surface area contributed by atoms with E-state index in [-0.39, 0.29) is 11.9 Å². The largest absolute Gasteiger partial charge is 0.346 e. The number of aromatic nitrogens is 1. The summed E-state index contributed by atoms with van der Waals surface area (Å²) < 4.78 is 0. The Hall–Kier alpha value is -0.940. The van der Waals surface area contributed by atoms with Gasteiger partial charge in [-0.25, -0.2) is 4.98 Å². The normalized spacial score (nSPS) is 16.6. The van der Waals surface area contributed by atoms with Crippen LogP contribution in [0.25, 0.3) is 0 Å². The second kappa shape index (κ2) is 6.29. The molecule has 1 saturated carbocycles. The molecule has 0 spiro atoms. The second-order valence-corrected chi connectivity index (χ2v) is 5.82. The molecule has 4 nitrogen and oxygen atoms in total. The van der Waals surface area contributed by atoms with E-state index in [1.165, 1.54) is 12.8 Å². The van der Waals surface area contributed by atoms with Crippen molar-refractivity contribution < 1.29 is 4.79 Å². The molecular formula is C13H21N3OS. The highest BCUT2D eigenvalue weighted by atomic mass is 32.1. The lowest BCUT2D eigenvalue weighted by atomic mass is 10.2. The van der Waals surface area contributed by atoms with Crippen molar-refractivity contribution in [2.45, 2.75) is 39.2 Å². The van der Waals surface area contributed by atoms with Crippen molar-refractivity contribution >= 4 is 17.2 Å². The number of nitrogens with one attached hydrogen (secondary N) is 2. The van der Waals surface area contributed by atoms with Crippen LogP contribution in [0.15, 0.2) is 5.38 Å². The van der Waals surface area contributed by atoms with Crippen LogP contribution in [0.5, 0.6) is 0 Å². The highest BCUT2D eigenvalue weighted by molar-refractivity contribution is 7.09. The molecule has 1 aromatic rings. The first-order valence-corrected chi connectivity index (χ1v) is 7.49. The number of hydrogen-bond acceptors (Lipinski definition) is 4. The van der Waals surface area contributed by atoms with E-state index >= 15 is 0 Å². The predicted octanol–water partition coefficient (Wildman–Crippen LogP) is 2.02. The lowest BCUT2D eigenvalue weighted by Gasteiger charge is -2.14. The van der Waals surface area contributed by atoms with Crippen molar-refractivity contribution in [2.24, 2.45) is 5.92 Å². The van der Waals surface area contributed by atoms with Crippen LogP contribution in [0.1, 0.15) is 42.9 Å². The smallest absolute Gasteiger partial charge is 0.234 e. The highest BCUT2D eigenvalue weighted by Crippen LogP contribution is 2.27. The van der Waals surface area contributed by atoms with Gasteiger partial charge >= 0.3 is 0 Å². The lowest BCUT2D eigenvalue weighted by molar-refractivity contribution is -0.121. The molecule has 1 atom stereocenters. The van der Waals surface area contributed by atoms with E-state index in [0.29, 0.717) is 6.54 Å². The van der Waals surface area contributed by atoms with Gasteiger partial charge in [0.05, 0.1) is 12.6 Å². The average molecular weight is 267 g/mol. The zero-order valence-corrected chi connectivity index (χ0v) is 11.8. The number of nitrogens with zero attached hydrogens (tertiary/aromatic N) is 1. The number of amides is 1. The van der Waals surface area contributed by atoms with Gasteiger partial charge in [0.1, 0.15) is 5.01 Å². The molecule has 0 aromatic carbocycles. The third-order valence-electron chi connectivity index (χ3n) is 3.09. The van der Waals surface area contributed by atoms with E-state index in [1.54, 1.807) is 11.3 Å². The Morgan fingerprint density at radius 1 is 1.61 bits per heavy atom. The summed E-state index contributed by atoms with van der Waals surface area (Å²) in [6, 6.07) is 0.0546. The summed E-state index contributed by atoms with van der Waals surface area (Å²) in [7, 11) is 0. The molecule has 1 unspecified atom stereocenters. The number of rotatable bonds is 7. The van der Waals surface area contributed by atoms with Crippen LogP contribution in [-0.4, -0.2) is 24.0 Å². The van der Waals surface area contributed by atoms with E-state index in [2.05, 4.69) is 22.5 Å². The average Bonchev–Trinajstić information content (AvgIpc) is 3.07. The van der Waals surface area contributed by atoms with Crippen molar-refractivity contribution in [1.29, 1.82) is 0 Å². The molecule has 2 rings (SSSR count). The van der Waals surface area contributed by atoms with Gasteiger partial charge in [-0.05, 0) is 38.6 Å². The molecule has 0 saturated heterocycles. The quantitative estimate of drug-likeness (QED) is 0.794. The number of carbonyl (C=O) groups is 1. The molecule has 18 heavy (non-hydrogen) atoms. The third kappa shape index (κ3) is 4.07. The predicted molar refractivity (Wildman–Crippen MR) is 73.6 cm³/mol. The van der Waals surface area contributed by atoms with Crippen LogP contribution in [0, 0.1) is 12.8 Å². The van der Waals surface area contributed by atoms with Gasteiger partial charge in [0.2, 0.25) is 5.91 Å². The summed E-state index contributed by atoms with van der Waals surface area (Å²) in [4.78, 5) is 16.2. The molecule has 0 aliphatic heterocycles. The molecule has 1 aliphatic carbocycles. The summed E-state index contributed by atoms with van der Waals surface area (Å²) in [6.45, 7) is 5.43. The fraction of sp³-hybridized carbons (Fsp3) is 0.692. The van der Waals surface area contributed by atoms with Crippen LogP contribution in [0.3, 0.4) is 0 Å². The van der Waals surface area contributed by atoms with Crippen LogP contribution < -0.4 is 10.6 Å². The van der Waals surface area contributed by atoms with Gasteiger partial charge in [-0.15, -0.1) is 11.3 Å². The first-order chi connectivity index (χ1) is 8.69. The molecule has 5 heteroatoms. The van der Waals surface area contributed by atoms with Gasteiger partial charge in [-0.1, -0.05) is 6.92 Å². The maximum absolute atomic E-state index is 11.8. The van der Waals surface area contributed by atoms with Gasteiger partial charge < -0.3 is 10.6 Å². The zero-order chi connectivity index (χ0) is 13.0. The summed E-state index contributed by atoms with van der Waals surface area (Å²) in [5.41, 5.74) is 1.02. The Kier molecular flexibility index (Phi) is 4.72. The maximum Gasteiger partial charge on any atom is 0.234 e. The van der Waals surface area contributed by atoms with Gasteiger partial charge in [0.15, 0.2) is 0 Å². The summed E-state index contributed by atoms with van der Waals surface area (Å²) >= 11 is 1.62. The molecular weight excluding hydrogens is 246 g/mol. The van der Waals surface area contributed by atoms with Crippen molar-refractivity contribution in [3.63, 3.8) is 0 Å². The third-order valence-corrected chi connectivity index (χ3v) is 4.17. The maximum atomic E-state index is 11.8. The van der Waals surface area contributed by atoms with Crippen LogP contribution in [0.2, 0.25) is 0 Å². The zero-order valence-electron chi connectivity index (χ0n) is 11.0. The first-order valence-electron chi connectivity index (χ1n) is 6.61. The lowest BCUT2D eigenvalue weighted by Crippen LogP contribution is -2.36. The number of hydrogen-bond donors (Lipinski definition) is 2. The summed E-state index contributed by atoms with van der Waals surface area (Å²) in [6.07, 6.45) is 3.50. The molecule has 100 valence electrons. The van der Waals surface area contributed by atoms with Crippen molar-refractivity contribution in [2.75, 3.05) is 13.1 Å². The van der Waals surface area contributed by atoms with E-state index in [0.717, 1.165) is 29.6 Å². The molecule has 1 aromatic heterocycles. The Labute approximate surface area is 112 Å². The van der Waals surface area contributed by atoms with Gasteiger partial charge in [-0.2, -0.15) is 0 Å². The minimum absolute atomic E-state index is 0.0546. The second-order valence-electron chi connectivity index (χ2n) is 4.93. The molecule has 1 heterocycles. The van der Waals surface area contributed by atoms with Crippen molar-refractivity contribution in [3.8, 4) is 0 Å². The Bertz CT molecular complexity index is 401. The van der Waals surface area contributed by atoms with Crippen LogP contribution in [0.4, 0.5) is 0 Å². The number of aryl methyl sites for hydroxylation is 1. The standard InChI is InChI=1S/C13H21N3OS/c1-3-11(13-15-9(2)8-18-13)16-12(17)7-14-6-10-4-5-10/h8,10-11,14H,3-7H2,1-2H3,(H,16,17). The van der Waals surface area contributed by atoms with E-state index in [9.17, 15) is 4.79 Å². The Morgan fingerprint density at radius 2 is 2.39 bits per heavy atom. The van der Waals surface area contributed by atoms with E-state index in [4.69, 9.17) is 0 Å². The summed E-state index contributed by atoms with van der Waals surface area (Å²) in [5, 5.41) is 9.27. The minimum atomic E-state index is 0.0546. The number of carbonyl (C=O) groups excluding carboxylic acids is 1. The molecule has 1 amide bonds. The summed E-state index contributed by atoms with van der Waals surface area (Å²) in [5.74, 6) is 0.872. The van der Waals surface area contributed by atoms with E-state index in [1.807, 2.05) is 12.3 Å². The fourth-order valence-electron chi connectivity index (χ4n) is 1.83. The fourth-order valence-corrected chi connectivity index (χ4v) is 2.76. The monoisotopic (exact) mass is 267 g/mol. The highest BCUT2D eigenvalue weighted by Gasteiger charge is 2.21. The van der Waals surface area contributed by atoms with Crippen molar-refractivity contribution in [1.82, 2.24) is 15.6 Å². The van der Waals surface area contributed by atoms with Gasteiger partial charge in [0, 0.05) is 11.1 Å². The topological polar surface area (TPSA) is 54.0 Å². The number of thiazole rings is 1. The molecule has 1 aliphatic rings. The minimum Gasteiger partial charge on any atom is -0.346 e. The Balaban J connectivity index is 1.76. The van der Waals surface area contributed by atoms with Crippen molar-refractivity contribution in [3.05, 3.63) is 16.1 Å². The van der Waals surface area contributed by atoms with Gasteiger partial charge in [-0.3, -0.25) is 4.79 Å². The van der Waals surface area contributed by atoms with E-state index < -0.39 is 0 Å². The molecule has 2 N–H and O–H groups in total. The van der Waals surface area contributed by atoms with Gasteiger partial charge in [0.25, 0.3) is 0 Å². The Morgan fingerprint density at radius 3 is 2.94 bits per heavy atom. The van der Waals surface area contributed by atoms with Crippen LogP contribution in [-0.2, 0) is 4.79 Å². The van der Waals surface area contributed by atoms with Crippen LogP contribution >= 0.6 is 11.3 Å². The molecule has 0 bridgehead atoms.